The summed E-state index contributed by atoms with van der Waals surface area (Å²) < 4.78 is 28.7. The number of amides is 1. The first-order valence-corrected chi connectivity index (χ1v) is 10.8. The number of hydrogen-bond acceptors (Lipinski definition) is 5. The van der Waals surface area contributed by atoms with Gasteiger partial charge in [0, 0.05) is 11.3 Å². The van der Waals surface area contributed by atoms with Crippen LogP contribution >= 0.6 is 0 Å². The Balaban J connectivity index is 1.67. The molecule has 0 heterocycles. The van der Waals surface area contributed by atoms with Crippen LogP contribution in [0.5, 0.6) is 5.75 Å². The van der Waals surface area contributed by atoms with Crippen molar-refractivity contribution in [3.05, 3.63) is 78.4 Å². The molecule has 0 radical (unpaired) electrons. The van der Waals surface area contributed by atoms with E-state index in [9.17, 15) is 13.2 Å². The minimum atomic E-state index is -3.79. The van der Waals surface area contributed by atoms with Crippen LogP contribution < -0.4 is 20.9 Å². The predicted molar refractivity (Wildman–Crippen MR) is 119 cm³/mol. The van der Waals surface area contributed by atoms with E-state index in [-0.39, 0.29) is 16.6 Å². The first-order chi connectivity index (χ1) is 14.6. The average Bonchev–Trinajstić information content (AvgIpc) is 2.74. The Morgan fingerprint density at radius 3 is 2.32 bits per heavy atom. The van der Waals surface area contributed by atoms with E-state index in [4.69, 9.17) is 21.0 Å². The largest absolute Gasteiger partial charge is 0.481 e. The summed E-state index contributed by atoms with van der Waals surface area (Å²) in [6.07, 6.45) is -0.784. The summed E-state index contributed by atoms with van der Waals surface area (Å²) in [5, 5.41) is 15.4. The highest BCUT2D eigenvalue weighted by Gasteiger charge is 2.15. The van der Waals surface area contributed by atoms with Crippen LogP contribution in [0.15, 0.2) is 77.7 Å². The van der Waals surface area contributed by atoms with Gasteiger partial charge in [-0.3, -0.25) is 10.2 Å². The molecule has 0 bridgehead atoms. The molecule has 3 aromatic carbocycles. The Hall–Kier alpha value is -3.69. The highest BCUT2D eigenvalue weighted by Crippen LogP contribution is 2.24. The molecule has 0 fully saturated rings. The van der Waals surface area contributed by atoms with Crippen molar-refractivity contribution < 1.29 is 17.9 Å². The number of nitrogens with one attached hydrogen (secondary N) is 2. The molecule has 31 heavy (non-hydrogen) atoms. The van der Waals surface area contributed by atoms with Gasteiger partial charge in [-0.15, -0.1) is 0 Å². The van der Waals surface area contributed by atoms with Crippen molar-refractivity contribution in [1.29, 1.82) is 5.41 Å². The number of benzene rings is 3. The third kappa shape index (κ3) is 5.68. The highest BCUT2D eigenvalue weighted by atomic mass is 32.2. The van der Waals surface area contributed by atoms with Crippen LogP contribution in [0.25, 0.3) is 11.1 Å². The fourth-order valence-electron chi connectivity index (χ4n) is 2.84. The van der Waals surface area contributed by atoms with Crippen molar-refractivity contribution in [3.8, 4) is 16.9 Å². The van der Waals surface area contributed by atoms with E-state index in [1.54, 1.807) is 67.6 Å². The van der Waals surface area contributed by atoms with E-state index in [1.165, 1.54) is 12.1 Å². The third-order valence-electron chi connectivity index (χ3n) is 4.48. The molecule has 0 spiro atoms. The van der Waals surface area contributed by atoms with Crippen LogP contribution in [-0.2, 0) is 14.8 Å². The highest BCUT2D eigenvalue weighted by molar-refractivity contribution is 7.89. The minimum absolute atomic E-state index is 0.0298. The van der Waals surface area contributed by atoms with Crippen molar-refractivity contribution in [1.82, 2.24) is 0 Å². The van der Waals surface area contributed by atoms with Gasteiger partial charge in [-0.1, -0.05) is 36.4 Å². The molecule has 0 saturated carbocycles. The van der Waals surface area contributed by atoms with Gasteiger partial charge in [0.1, 0.15) is 11.6 Å². The second-order valence-corrected chi connectivity index (χ2v) is 8.40. The first kappa shape index (κ1) is 22.0. The number of ether oxygens (including phenoxy) is 1. The molecule has 0 aliphatic carbocycles. The van der Waals surface area contributed by atoms with E-state index < -0.39 is 16.1 Å². The Morgan fingerprint density at radius 1 is 1.00 bits per heavy atom. The van der Waals surface area contributed by atoms with Crippen molar-refractivity contribution in [3.63, 3.8) is 0 Å². The van der Waals surface area contributed by atoms with Crippen LogP contribution in [0.1, 0.15) is 12.5 Å². The monoisotopic (exact) mass is 438 g/mol. The van der Waals surface area contributed by atoms with E-state index in [0.29, 0.717) is 22.6 Å². The number of rotatable bonds is 7. The van der Waals surface area contributed by atoms with Crippen LogP contribution in [0.2, 0.25) is 0 Å². The summed E-state index contributed by atoms with van der Waals surface area (Å²) in [5.74, 6) is -0.00474. The normalized spacial score (nSPS) is 12.1. The van der Waals surface area contributed by atoms with Crippen molar-refractivity contribution >= 4 is 27.5 Å². The zero-order valence-electron chi connectivity index (χ0n) is 16.7. The minimum Gasteiger partial charge on any atom is -0.481 e. The smallest absolute Gasteiger partial charge is 0.265 e. The molecule has 0 aliphatic heterocycles. The topological polar surface area (TPSA) is 148 Å². The molecule has 160 valence electrons. The summed E-state index contributed by atoms with van der Waals surface area (Å²) >= 11 is 0. The van der Waals surface area contributed by atoms with Crippen molar-refractivity contribution in [2.24, 2.45) is 10.9 Å². The number of carbonyl (C=O) groups excluding carboxylic acids is 1. The summed E-state index contributed by atoms with van der Waals surface area (Å²) in [7, 11) is -3.79. The predicted octanol–water partition coefficient (Wildman–Crippen LogP) is 2.69. The molecule has 0 aromatic heterocycles. The van der Waals surface area contributed by atoms with Crippen LogP contribution in [0.3, 0.4) is 0 Å². The first-order valence-electron chi connectivity index (χ1n) is 9.29. The van der Waals surface area contributed by atoms with Gasteiger partial charge in [0.15, 0.2) is 6.10 Å². The standard InChI is InChI=1S/C22H22N4O4S/c1-14(30-19-6-2-5-17(12-19)21(23)24)22(27)26-18-10-8-15(9-11-18)16-4-3-7-20(13-16)31(25,28)29/h2-14H,1H3,(H3,23,24)(H,26,27)(H2,25,28,29). The molecule has 6 N–H and O–H groups in total. The molecule has 0 aliphatic rings. The van der Waals surface area contributed by atoms with Gasteiger partial charge in [0.25, 0.3) is 5.91 Å². The Labute approximate surface area is 180 Å². The number of amidine groups is 1. The summed E-state index contributed by atoms with van der Waals surface area (Å²) in [4.78, 5) is 12.5. The van der Waals surface area contributed by atoms with Crippen LogP contribution in [0, 0.1) is 5.41 Å². The van der Waals surface area contributed by atoms with Crippen molar-refractivity contribution in [2.45, 2.75) is 17.9 Å². The Bertz CT molecular complexity index is 1220. The lowest BCUT2D eigenvalue weighted by atomic mass is 10.1. The maximum atomic E-state index is 12.5. The number of hydrogen-bond donors (Lipinski definition) is 4. The zero-order valence-corrected chi connectivity index (χ0v) is 17.5. The molecule has 3 rings (SSSR count). The summed E-state index contributed by atoms with van der Waals surface area (Å²) in [6, 6.07) is 19.9. The van der Waals surface area contributed by atoms with Gasteiger partial charge in [-0.25, -0.2) is 13.6 Å². The molecular formula is C22H22N4O4S. The number of carbonyl (C=O) groups is 1. The maximum absolute atomic E-state index is 12.5. The molecular weight excluding hydrogens is 416 g/mol. The Kier molecular flexibility index (Phi) is 6.38. The second-order valence-electron chi connectivity index (χ2n) is 6.84. The number of anilines is 1. The number of sulfonamides is 1. The SMILES string of the molecule is CC(Oc1cccc(C(=N)N)c1)C(=O)Nc1ccc(-c2cccc(S(N)(=O)=O)c2)cc1. The second kappa shape index (κ2) is 8.99. The van der Waals surface area contributed by atoms with E-state index in [0.717, 1.165) is 5.56 Å². The van der Waals surface area contributed by atoms with Gasteiger partial charge in [-0.2, -0.15) is 0 Å². The summed E-state index contributed by atoms with van der Waals surface area (Å²) in [5.41, 5.74) is 8.00. The number of nitrogens with two attached hydrogens (primary N) is 2. The fraction of sp³-hybridized carbons (Fsp3) is 0.0909. The van der Waals surface area contributed by atoms with E-state index in [2.05, 4.69) is 5.32 Å². The lowest BCUT2D eigenvalue weighted by Gasteiger charge is -2.15. The van der Waals surface area contributed by atoms with Gasteiger partial charge in [0.2, 0.25) is 10.0 Å². The molecule has 1 amide bonds. The van der Waals surface area contributed by atoms with E-state index in [1.807, 2.05) is 0 Å². The quantitative estimate of drug-likeness (QED) is 0.331. The van der Waals surface area contributed by atoms with Crippen LogP contribution in [-0.4, -0.2) is 26.3 Å². The molecule has 1 atom stereocenters. The molecule has 8 nitrogen and oxygen atoms in total. The Morgan fingerprint density at radius 2 is 1.68 bits per heavy atom. The van der Waals surface area contributed by atoms with Gasteiger partial charge < -0.3 is 15.8 Å². The molecule has 3 aromatic rings. The van der Waals surface area contributed by atoms with Gasteiger partial charge >= 0.3 is 0 Å². The van der Waals surface area contributed by atoms with Crippen molar-refractivity contribution in [2.75, 3.05) is 5.32 Å². The average molecular weight is 439 g/mol. The van der Waals surface area contributed by atoms with E-state index >= 15 is 0 Å². The number of nitrogen functional groups attached to an aromatic ring is 1. The number of primary sulfonamides is 1. The third-order valence-corrected chi connectivity index (χ3v) is 5.39. The molecule has 1 unspecified atom stereocenters. The lowest BCUT2D eigenvalue weighted by Crippen LogP contribution is -2.30. The zero-order chi connectivity index (χ0) is 22.6. The lowest BCUT2D eigenvalue weighted by molar-refractivity contribution is -0.122. The maximum Gasteiger partial charge on any atom is 0.265 e. The molecule has 0 saturated heterocycles. The molecule has 9 heteroatoms. The fourth-order valence-corrected chi connectivity index (χ4v) is 3.40. The summed E-state index contributed by atoms with van der Waals surface area (Å²) in [6.45, 7) is 1.61. The van der Waals surface area contributed by atoms with Gasteiger partial charge in [-0.05, 0) is 54.4 Å². The van der Waals surface area contributed by atoms with Crippen LogP contribution in [0.4, 0.5) is 5.69 Å². The van der Waals surface area contributed by atoms with Gasteiger partial charge in [0.05, 0.1) is 4.90 Å².